The highest BCUT2D eigenvalue weighted by Gasteiger charge is 2.61. The van der Waals surface area contributed by atoms with E-state index < -0.39 is 0 Å². The molecule has 2 heteroatoms. The Kier molecular flexibility index (Phi) is 4.91. The minimum Gasteiger partial charge on any atom is -0.456 e. The number of furan rings is 1. The van der Waals surface area contributed by atoms with E-state index in [-0.39, 0.29) is 5.41 Å². The fourth-order valence-electron chi connectivity index (χ4n) is 11.6. The van der Waals surface area contributed by atoms with Crippen LogP contribution in [0, 0.1) is 23.7 Å². The largest absolute Gasteiger partial charge is 0.456 e. The van der Waals surface area contributed by atoms with Gasteiger partial charge in [-0.05, 0) is 132 Å². The van der Waals surface area contributed by atoms with Gasteiger partial charge < -0.3 is 8.98 Å². The molecular weight excluding hydrogens is 583 g/mol. The highest BCUT2D eigenvalue weighted by molar-refractivity contribution is 6.11. The number of hydrogen-bond donors (Lipinski definition) is 0. The SMILES string of the molecule is c1ccc2c(c1)-c1ccc(-n3c4ccccc4c4ccc(-c5ccc6c(c5)oc5ccccc56)cc43)cc1C21C2CC3CC(C2)CC1C3. The predicted octanol–water partition coefficient (Wildman–Crippen LogP) is 12.1. The summed E-state index contributed by atoms with van der Waals surface area (Å²) in [4.78, 5) is 0. The molecule has 0 saturated heterocycles. The lowest BCUT2D eigenvalue weighted by molar-refractivity contribution is -0.0399. The normalized spacial score (nSPS) is 25.2. The molecule has 4 bridgehead atoms. The molecule has 2 heterocycles. The highest BCUT2D eigenvalue weighted by atomic mass is 16.3. The molecule has 230 valence electrons. The van der Waals surface area contributed by atoms with Crippen LogP contribution in [0.5, 0.6) is 0 Å². The van der Waals surface area contributed by atoms with Crippen LogP contribution in [-0.4, -0.2) is 4.57 Å². The van der Waals surface area contributed by atoms with Crippen molar-refractivity contribution in [1.29, 1.82) is 0 Å². The molecule has 0 radical (unpaired) electrons. The van der Waals surface area contributed by atoms with E-state index in [0.717, 1.165) is 34.8 Å². The maximum absolute atomic E-state index is 6.30. The van der Waals surface area contributed by atoms with E-state index >= 15 is 0 Å². The smallest absolute Gasteiger partial charge is 0.136 e. The lowest BCUT2D eigenvalue weighted by Crippen LogP contribution is -2.55. The van der Waals surface area contributed by atoms with Gasteiger partial charge in [-0.25, -0.2) is 0 Å². The summed E-state index contributed by atoms with van der Waals surface area (Å²) in [7, 11) is 0. The number of para-hydroxylation sites is 2. The van der Waals surface area contributed by atoms with Crippen molar-refractivity contribution in [2.24, 2.45) is 23.7 Å². The average molecular weight is 618 g/mol. The van der Waals surface area contributed by atoms with E-state index in [9.17, 15) is 0 Å². The fourth-order valence-corrected chi connectivity index (χ4v) is 11.6. The standard InChI is InChI=1S/C46H35NO/c1-4-10-40-34(7-1)35-18-15-33(26-41(35)46(40)31-20-27-19-28(22-31)23-32(46)21-27)47-42-11-5-2-8-36(42)37-16-13-29(24-43(37)47)30-14-17-39-38-9-3-6-12-44(38)48-45(39)25-30/h1-18,24-28,31-32H,19-23H2. The molecular formula is C46H35NO. The van der Waals surface area contributed by atoms with Gasteiger partial charge in [0.1, 0.15) is 11.2 Å². The van der Waals surface area contributed by atoms with Gasteiger partial charge in [-0.1, -0.05) is 84.9 Å². The fraction of sp³-hybridized carbons (Fsp3) is 0.217. The number of fused-ring (bicyclic) bond motifs is 9. The summed E-state index contributed by atoms with van der Waals surface area (Å²) < 4.78 is 8.85. The van der Waals surface area contributed by atoms with Crippen molar-refractivity contribution in [3.63, 3.8) is 0 Å². The molecule has 0 N–H and O–H groups in total. The second-order valence-corrected chi connectivity index (χ2v) is 15.3. The number of aromatic nitrogens is 1. The van der Waals surface area contributed by atoms with Crippen LogP contribution in [0.1, 0.15) is 43.2 Å². The van der Waals surface area contributed by atoms with Gasteiger partial charge in [0.05, 0.1) is 11.0 Å². The molecule has 0 aliphatic heterocycles. The third-order valence-electron chi connectivity index (χ3n) is 13.2. The second kappa shape index (κ2) is 9.08. The Morgan fingerprint density at radius 1 is 0.479 bits per heavy atom. The van der Waals surface area contributed by atoms with Gasteiger partial charge in [-0.2, -0.15) is 0 Å². The molecule has 5 aliphatic rings. The van der Waals surface area contributed by atoms with Gasteiger partial charge in [-0.15, -0.1) is 0 Å². The van der Waals surface area contributed by atoms with Gasteiger partial charge in [0.15, 0.2) is 0 Å². The van der Waals surface area contributed by atoms with Gasteiger partial charge in [-0.3, -0.25) is 0 Å². The molecule has 13 rings (SSSR count). The number of benzene rings is 6. The van der Waals surface area contributed by atoms with Crippen molar-refractivity contribution in [1.82, 2.24) is 4.57 Å². The molecule has 4 saturated carbocycles. The predicted molar refractivity (Wildman–Crippen MR) is 197 cm³/mol. The van der Waals surface area contributed by atoms with Crippen LogP contribution >= 0.6 is 0 Å². The van der Waals surface area contributed by atoms with E-state index in [4.69, 9.17) is 4.42 Å². The van der Waals surface area contributed by atoms with Crippen LogP contribution in [0.15, 0.2) is 132 Å². The van der Waals surface area contributed by atoms with E-state index in [1.165, 1.54) is 92.6 Å². The molecule has 0 atom stereocenters. The topological polar surface area (TPSA) is 18.1 Å². The summed E-state index contributed by atoms with van der Waals surface area (Å²) in [5.41, 5.74) is 14.4. The van der Waals surface area contributed by atoms with Gasteiger partial charge in [0.2, 0.25) is 0 Å². The maximum atomic E-state index is 6.30. The maximum Gasteiger partial charge on any atom is 0.136 e. The first-order chi connectivity index (χ1) is 23.7. The lowest BCUT2D eigenvalue weighted by Gasteiger charge is -2.61. The number of hydrogen-bond acceptors (Lipinski definition) is 1. The van der Waals surface area contributed by atoms with Crippen molar-refractivity contribution >= 4 is 43.7 Å². The first kappa shape index (κ1) is 25.9. The summed E-state index contributed by atoms with van der Waals surface area (Å²) in [5.74, 6) is 3.38. The van der Waals surface area contributed by atoms with Crippen LogP contribution < -0.4 is 0 Å². The Labute approximate surface area is 279 Å². The molecule has 2 aromatic heterocycles. The summed E-state index contributed by atoms with van der Waals surface area (Å²) in [5, 5.41) is 4.94. The Morgan fingerprint density at radius 3 is 1.98 bits per heavy atom. The third-order valence-corrected chi connectivity index (χ3v) is 13.2. The van der Waals surface area contributed by atoms with Crippen molar-refractivity contribution in [3.8, 4) is 27.9 Å². The first-order valence-corrected chi connectivity index (χ1v) is 17.9. The molecule has 0 unspecified atom stereocenters. The summed E-state index contributed by atoms with van der Waals surface area (Å²) in [6.07, 6.45) is 7.09. The average Bonchev–Trinajstić information content (AvgIpc) is 3.76. The number of rotatable bonds is 2. The molecule has 0 amide bonds. The zero-order valence-electron chi connectivity index (χ0n) is 26.8. The Balaban J connectivity index is 1.08. The lowest BCUT2D eigenvalue weighted by atomic mass is 9.43. The molecule has 5 aliphatic carbocycles. The van der Waals surface area contributed by atoms with E-state index in [1.807, 2.05) is 6.07 Å². The quantitative estimate of drug-likeness (QED) is 0.189. The highest BCUT2D eigenvalue weighted by Crippen LogP contribution is 2.69. The van der Waals surface area contributed by atoms with Gasteiger partial charge >= 0.3 is 0 Å². The van der Waals surface area contributed by atoms with E-state index in [0.29, 0.717) is 0 Å². The summed E-state index contributed by atoms with van der Waals surface area (Å²) in [6.45, 7) is 0. The van der Waals surface area contributed by atoms with Crippen molar-refractivity contribution in [3.05, 3.63) is 139 Å². The Morgan fingerprint density at radius 2 is 1.12 bits per heavy atom. The van der Waals surface area contributed by atoms with Crippen LogP contribution in [-0.2, 0) is 5.41 Å². The summed E-state index contributed by atoms with van der Waals surface area (Å²) >= 11 is 0. The van der Waals surface area contributed by atoms with Crippen LogP contribution in [0.4, 0.5) is 0 Å². The van der Waals surface area contributed by atoms with Crippen molar-refractivity contribution in [2.75, 3.05) is 0 Å². The zero-order chi connectivity index (χ0) is 31.1. The van der Waals surface area contributed by atoms with Gasteiger partial charge in [0.25, 0.3) is 0 Å². The number of nitrogens with zero attached hydrogens (tertiary/aromatic N) is 1. The van der Waals surface area contributed by atoms with Gasteiger partial charge in [0, 0.05) is 32.6 Å². The minimum absolute atomic E-state index is 0.154. The van der Waals surface area contributed by atoms with E-state index in [2.05, 4.69) is 126 Å². The second-order valence-electron chi connectivity index (χ2n) is 15.3. The van der Waals surface area contributed by atoms with Crippen molar-refractivity contribution in [2.45, 2.75) is 37.5 Å². The van der Waals surface area contributed by atoms with Crippen molar-refractivity contribution < 1.29 is 4.42 Å². The molecule has 4 fully saturated rings. The summed E-state index contributed by atoms with van der Waals surface area (Å²) in [6, 6.07) is 47.9. The monoisotopic (exact) mass is 617 g/mol. The minimum atomic E-state index is 0.154. The molecule has 1 spiro atoms. The Bertz CT molecular complexity index is 2620. The molecule has 6 aromatic carbocycles. The van der Waals surface area contributed by atoms with Crippen LogP contribution in [0.2, 0.25) is 0 Å². The van der Waals surface area contributed by atoms with Crippen LogP contribution in [0.3, 0.4) is 0 Å². The zero-order valence-corrected chi connectivity index (χ0v) is 26.8. The van der Waals surface area contributed by atoms with Crippen LogP contribution in [0.25, 0.3) is 71.7 Å². The third kappa shape index (κ3) is 3.19. The molecule has 48 heavy (non-hydrogen) atoms. The Hall–Kier alpha value is -5.08. The molecule has 8 aromatic rings. The first-order valence-electron chi connectivity index (χ1n) is 17.9. The van der Waals surface area contributed by atoms with E-state index in [1.54, 1.807) is 11.1 Å². The molecule has 2 nitrogen and oxygen atoms in total.